The first kappa shape index (κ1) is 15.4. The third kappa shape index (κ3) is 2.96. The Bertz CT molecular complexity index is 899. The number of fused-ring (bicyclic) bond motifs is 1. The molecule has 0 saturated heterocycles. The summed E-state index contributed by atoms with van der Waals surface area (Å²) in [7, 11) is 0. The van der Waals surface area contributed by atoms with E-state index in [9.17, 15) is 4.79 Å². The van der Waals surface area contributed by atoms with E-state index in [-0.39, 0.29) is 5.78 Å². The second-order valence-corrected chi connectivity index (χ2v) is 7.34. The van der Waals surface area contributed by atoms with Gasteiger partial charge in [-0.25, -0.2) is 0 Å². The van der Waals surface area contributed by atoms with Crippen molar-refractivity contribution in [3.05, 3.63) is 48.3 Å². The predicted molar refractivity (Wildman–Crippen MR) is 96.9 cm³/mol. The van der Waals surface area contributed by atoms with Gasteiger partial charge < -0.3 is 0 Å². The molecule has 1 aliphatic rings. The molecular weight excluding hydrogens is 318 g/mol. The highest BCUT2D eigenvalue weighted by atomic mass is 32.2. The van der Waals surface area contributed by atoms with E-state index in [0.717, 1.165) is 16.6 Å². The molecule has 0 radical (unpaired) electrons. The Morgan fingerprint density at radius 2 is 2.00 bits per heavy atom. The van der Waals surface area contributed by atoms with Gasteiger partial charge in [0.25, 0.3) is 0 Å². The first-order chi connectivity index (χ1) is 11.7. The lowest BCUT2D eigenvalue weighted by molar-refractivity contribution is -0.116. The number of aromatic nitrogens is 3. The van der Waals surface area contributed by atoms with E-state index in [2.05, 4.69) is 46.6 Å². The third-order valence-electron chi connectivity index (χ3n) is 4.41. The number of thioether (sulfide) groups is 1. The molecule has 4 nitrogen and oxygen atoms in total. The summed E-state index contributed by atoms with van der Waals surface area (Å²) < 4.78 is 2.03. The van der Waals surface area contributed by atoms with Crippen molar-refractivity contribution in [1.82, 2.24) is 14.8 Å². The quantitative estimate of drug-likeness (QED) is 0.627. The summed E-state index contributed by atoms with van der Waals surface area (Å²) in [6, 6.07) is 13.0. The Morgan fingerprint density at radius 1 is 1.21 bits per heavy atom. The van der Waals surface area contributed by atoms with Gasteiger partial charge in [0.15, 0.2) is 5.16 Å². The summed E-state index contributed by atoms with van der Waals surface area (Å²) in [5, 5.41) is 11.7. The van der Waals surface area contributed by atoms with E-state index < -0.39 is 0 Å². The summed E-state index contributed by atoms with van der Waals surface area (Å²) in [5.41, 5.74) is 2.55. The first-order valence-electron chi connectivity index (χ1n) is 8.28. The molecule has 1 aromatic heterocycles. The monoisotopic (exact) mass is 337 g/mol. The molecule has 1 saturated carbocycles. The molecular formula is C19H19N3OS. The van der Waals surface area contributed by atoms with Crippen molar-refractivity contribution in [2.24, 2.45) is 0 Å². The maximum atomic E-state index is 11.2. The molecule has 0 spiro atoms. The zero-order chi connectivity index (χ0) is 16.5. The second kappa shape index (κ2) is 6.40. The molecule has 0 aliphatic heterocycles. The van der Waals surface area contributed by atoms with Crippen LogP contribution in [-0.2, 0) is 4.79 Å². The van der Waals surface area contributed by atoms with Gasteiger partial charge in [0.05, 0.1) is 5.69 Å². The van der Waals surface area contributed by atoms with Crippen LogP contribution < -0.4 is 0 Å². The number of hydrogen-bond acceptors (Lipinski definition) is 4. The molecule has 0 atom stereocenters. The van der Waals surface area contributed by atoms with Crippen LogP contribution >= 0.6 is 11.8 Å². The van der Waals surface area contributed by atoms with Gasteiger partial charge in [0.2, 0.25) is 0 Å². The molecule has 0 amide bonds. The van der Waals surface area contributed by atoms with Gasteiger partial charge >= 0.3 is 0 Å². The minimum atomic E-state index is 0.202. The lowest BCUT2D eigenvalue weighted by Crippen LogP contribution is -1.99. The second-order valence-electron chi connectivity index (χ2n) is 6.28. The fraction of sp³-hybridized carbons (Fsp3) is 0.316. The lowest BCUT2D eigenvalue weighted by atomic mass is 9.99. The SMILES string of the molecule is CC(=O)CCSc1nncn1-c1ccc(C2CC2)c2ccccc12. The molecule has 122 valence electrons. The molecule has 0 unspecified atom stereocenters. The Balaban J connectivity index is 1.74. The van der Waals surface area contributed by atoms with Gasteiger partial charge in [-0.1, -0.05) is 42.1 Å². The van der Waals surface area contributed by atoms with Crippen molar-refractivity contribution >= 4 is 28.3 Å². The number of Topliss-reactive ketones (excluding diaryl/α,β-unsaturated/α-hetero) is 1. The number of carbonyl (C=O) groups excluding carboxylic acids is 1. The van der Waals surface area contributed by atoms with Gasteiger partial charge in [-0.15, -0.1) is 10.2 Å². The van der Waals surface area contributed by atoms with Gasteiger partial charge in [-0.05, 0) is 42.7 Å². The number of nitrogens with zero attached hydrogens (tertiary/aromatic N) is 3. The molecule has 5 heteroatoms. The van der Waals surface area contributed by atoms with E-state index in [1.165, 1.54) is 29.2 Å². The largest absolute Gasteiger partial charge is 0.300 e. The summed E-state index contributed by atoms with van der Waals surface area (Å²) in [5.74, 6) is 1.65. The van der Waals surface area contributed by atoms with Crippen LogP contribution in [0.4, 0.5) is 0 Å². The molecule has 1 aliphatic carbocycles. The highest BCUT2D eigenvalue weighted by molar-refractivity contribution is 7.99. The average Bonchev–Trinajstić information content (AvgIpc) is 3.33. The van der Waals surface area contributed by atoms with Crippen LogP contribution in [-0.4, -0.2) is 26.3 Å². The molecule has 4 rings (SSSR count). The van der Waals surface area contributed by atoms with E-state index in [4.69, 9.17) is 0 Å². The number of benzene rings is 2. The smallest absolute Gasteiger partial charge is 0.195 e. The van der Waals surface area contributed by atoms with Crippen molar-refractivity contribution in [2.45, 2.75) is 37.3 Å². The average molecular weight is 337 g/mol. The van der Waals surface area contributed by atoms with E-state index >= 15 is 0 Å². The van der Waals surface area contributed by atoms with Gasteiger partial charge in [0.1, 0.15) is 12.1 Å². The van der Waals surface area contributed by atoms with Crippen molar-refractivity contribution in [3.63, 3.8) is 0 Å². The summed E-state index contributed by atoms with van der Waals surface area (Å²) in [6.45, 7) is 1.62. The number of ketones is 1. The van der Waals surface area contributed by atoms with Crippen molar-refractivity contribution in [1.29, 1.82) is 0 Å². The first-order valence-corrected chi connectivity index (χ1v) is 9.27. The zero-order valence-corrected chi connectivity index (χ0v) is 14.4. The Labute approximate surface area is 145 Å². The Kier molecular flexibility index (Phi) is 4.10. The van der Waals surface area contributed by atoms with Crippen molar-refractivity contribution < 1.29 is 4.79 Å². The lowest BCUT2D eigenvalue weighted by Gasteiger charge is -2.13. The summed E-state index contributed by atoms with van der Waals surface area (Å²) >= 11 is 1.58. The van der Waals surface area contributed by atoms with E-state index in [0.29, 0.717) is 12.3 Å². The summed E-state index contributed by atoms with van der Waals surface area (Å²) in [4.78, 5) is 11.2. The molecule has 1 fully saturated rings. The molecule has 1 heterocycles. The molecule has 24 heavy (non-hydrogen) atoms. The maximum absolute atomic E-state index is 11.2. The highest BCUT2D eigenvalue weighted by Crippen LogP contribution is 2.44. The number of carbonyl (C=O) groups is 1. The van der Waals surface area contributed by atoms with Crippen LogP contribution in [0.15, 0.2) is 47.9 Å². The van der Waals surface area contributed by atoms with Gasteiger partial charge in [-0.2, -0.15) is 0 Å². The molecule has 0 N–H and O–H groups in total. The van der Waals surface area contributed by atoms with Crippen LogP contribution in [0.1, 0.15) is 37.7 Å². The molecule has 2 aromatic carbocycles. The molecule has 3 aromatic rings. The van der Waals surface area contributed by atoms with Crippen LogP contribution in [0.25, 0.3) is 16.5 Å². The third-order valence-corrected chi connectivity index (χ3v) is 5.36. The van der Waals surface area contributed by atoms with Crippen LogP contribution in [0, 0.1) is 0 Å². The topological polar surface area (TPSA) is 47.8 Å². The minimum absolute atomic E-state index is 0.202. The van der Waals surface area contributed by atoms with Gasteiger partial charge in [0, 0.05) is 17.6 Å². The Morgan fingerprint density at radius 3 is 2.75 bits per heavy atom. The maximum Gasteiger partial charge on any atom is 0.195 e. The number of hydrogen-bond donors (Lipinski definition) is 0. The van der Waals surface area contributed by atoms with Crippen LogP contribution in [0.2, 0.25) is 0 Å². The fourth-order valence-corrected chi connectivity index (χ4v) is 4.00. The zero-order valence-electron chi connectivity index (χ0n) is 13.6. The van der Waals surface area contributed by atoms with Crippen LogP contribution in [0.3, 0.4) is 0 Å². The normalized spacial score (nSPS) is 14.2. The minimum Gasteiger partial charge on any atom is -0.300 e. The van der Waals surface area contributed by atoms with Crippen molar-refractivity contribution in [3.8, 4) is 5.69 Å². The molecule has 0 bridgehead atoms. The van der Waals surface area contributed by atoms with Crippen LogP contribution in [0.5, 0.6) is 0 Å². The predicted octanol–water partition coefficient (Wildman–Crippen LogP) is 4.37. The van der Waals surface area contributed by atoms with Crippen molar-refractivity contribution in [2.75, 3.05) is 5.75 Å². The highest BCUT2D eigenvalue weighted by Gasteiger charge is 2.26. The fourth-order valence-electron chi connectivity index (χ4n) is 3.04. The summed E-state index contributed by atoms with van der Waals surface area (Å²) in [6.07, 6.45) is 4.90. The Hall–Kier alpha value is -2.14. The van der Waals surface area contributed by atoms with Gasteiger partial charge in [-0.3, -0.25) is 9.36 Å². The van der Waals surface area contributed by atoms with E-state index in [1.807, 2.05) is 4.57 Å². The standard InChI is InChI=1S/C19H19N3OS/c1-13(23)10-11-24-19-21-20-12-22(19)18-9-8-15(14-6-7-14)16-4-2-3-5-17(16)18/h2-5,8-9,12,14H,6-7,10-11H2,1H3. The number of rotatable bonds is 6. The van der Waals surface area contributed by atoms with E-state index in [1.54, 1.807) is 25.0 Å².